The van der Waals surface area contributed by atoms with Crippen LogP contribution >= 0.6 is 11.3 Å². The van der Waals surface area contributed by atoms with Crippen LogP contribution in [0.3, 0.4) is 0 Å². The summed E-state index contributed by atoms with van der Waals surface area (Å²) in [5.41, 5.74) is 7.48. The van der Waals surface area contributed by atoms with Crippen molar-refractivity contribution in [3.05, 3.63) is 36.4 Å². The van der Waals surface area contributed by atoms with Crippen molar-refractivity contribution in [2.75, 3.05) is 11.1 Å². The molecule has 3 aromatic rings. The average Bonchev–Trinajstić information content (AvgIpc) is 2.95. The third kappa shape index (κ3) is 2.02. The molecule has 92 valence electrons. The van der Waals surface area contributed by atoms with E-state index in [1.807, 2.05) is 31.3 Å². The maximum absolute atomic E-state index is 5.76. The number of hydrogen-bond donors (Lipinski definition) is 3. The topological polar surface area (TPSA) is 79.6 Å². The van der Waals surface area contributed by atoms with Gasteiger partial charge in [0.05, 0.1) is 16.3 Å². The number of thiazole rings is 1. The lowest BCUT2D eigenvalue weighted by molar-refractivity contribution is 0.809. The van der Waals surface area contributed by atoms with Crippen LogP contribution in [0.25, 0.3) is 10.2 Å². The number of hydrogen-bond acceptors (Lipinski definition) is 5. The molecule has 0 fully saturated rings. The van der Waals surface area contributed by atoms with Gasteiger partial charge in [0, 0.05) is 18.1 Å². The molecule has 18 heavy (non-hydrogen) atoms. The second kappa shape index (κ2) is 4.30. The SMILES string of the molecule is CC(Nc1nc2ccc(N)cc2s1)c1ncc[nH]1. The Morgan fingerprint density at radius 3 is 3.11 bits per heavy atom. The summed E-state index contributed by atoms with van der Waals surface area (Å²) in [6.45, 7) is 2.04. The number of fused-ring (bicyclic) bond motifs is 1. The van der Waals surface area contributed by atoms with Crippen molar-refractivity contribution in [3.63, 3.8) is 0 Å². The predicted molar refractivity (Wildman–Crippen MR) is 74.7 cm³/mol. The lowest BCUT2D eigenvalue weighted by atomic mass is 10.3. The van der Waals surface area contributed by atoms with Gasteiger partial charge in [-0.2, -0.15) is 0 Å². The molecular formula is C12H13N5S. The lowest BCUT2D eigenvalue weighted by Gasteiger charge is -2.09. The van der Waals surface area contributed by atoms with Gasteiger partial charge in [0.25, 0.3) is 0 Å². The molecule has 0 aliphatic heterocycles. The minimum absolute atomic E-state index is 0.0953. The van der Waals surface area contributed by atoms with Crippen molar-refractivity contribution in [3.8, 4) is 0 Å². The van der Waals surface area contributed by atoms with Gasteiger partial charge in [0.2, 0.25) is 0 Å². The van der Waals surface area contributed by atoms with Crippen molar-refractivity contribution < 1.29 is 0 Å². The van der Waals surface area contributed by atoms with Crippen LogP contribution in [-0.4, -0.2) is 15.0 Å². The van der Waals surface area contributed by atoms with E-state index >= 15 is 0 Å². The molecule has 6 heteroatoms. The van der Waals surface area contributed by atoms with Crippen LogP contribution in [0.5, 0.6) is 0 Å². The molecule has 1 aromatic carbocycles. The number of anilines is 2. The van der Waals surface area contributed by atoms with E-state index in [1.54, 1.807) is 17.5 Å². The van der Waals surface area contributed by atoms with Crippen molar-refractivity contribution in [1.82, 2.24) is 15.0 Å². The summed E-state index contributed by atoms with van der Waals surface area (Å²) in [5, 5.41) is 4.20. The number of nitrogen functional groups attached to an aromatic ring is 1. The van der Waals surface area contributed by atoms with Gasteiger partial charge in [-0.25, -0.2) is 9.97 Å². The molecule has 0 amide bonds. The van der Waals surface area contributed by atoms with E-state index < -0.39 is 0 Å². The smallest absolute Gasteiger partial charge is 0.184 e. The van der Waals surface area contributed by atoms with Crippen LogP contribution in [0.4, 0.5) is 10.8 Å². The maximum Gasteiger partial charge on any atom is 0.184 e. The summed E-state index contributed by atoms with van der Waals surface area (Å²) in [6, 6.07) is 5.83. The zero-order valence-corrected chi connectivity index (χ0v) is 10.7. The number of nitrogens with one attached hydrogen (secondary N) is 2. The zero-order chi connectivity index (χ0) is 12.5. The van der Waals surface area contributed by atoms with E-state index in [4.69, 9.17) is 5.73 Å². The van der Waals surface area contributed by atoms with E-state index in [-0.39, 0.29) is 6.04 Å². The summed E-state index contributed by atoms with van der Waals surface area (Å²) < 4.78 is 1.09. The third-order valence-electron chi connectivity index (χ3n) is 2.68. The molecule has 0 aliphatic rings. The van der Waals surface area contributed by atoms with Crippen LogP contribution in [0.2, 0.25) is 0 Å². The quantitative estimate of drug-likeness (QED) is 0.632. The number of nitrogens with two attached hydrogens (primary N) is 1. The highest BCUT2D eigenvalue weighted by molar-refractivity contribution is 7.22. The van der Waals surface area contributed by atoms with Gasteiger partial charge >= 0.3 is 0 Å². The first-order valence-corrected chi connectivity index (χ1v) is 6.46. The highest BCUT2D eigenvalue weighted by Crippen LogP contribution is 2.29. The minimum atomic E-state index is 0.0953. The highest BCUT2D eigenvalue weighted by atomic mass is 32.1. The molecule has 2 aromatic heterocycles. The summed E-state index contributed by atoms with van der Waals surface area (Å²) in [7, 11) is 0. The van der Waals surface area contributed by atoms with Crippen molar-refractivity contribution in [2.24, 2.45) is 0 Å². The number of aromatic nitrogens is 3. The number of nitrogens with zero attached hydrogens (tertiary/aromatic N) is 2. The van der Waals surface area contributed by atoms with E-state index in [0.717, 1.165) is 26.9 Å². The van der Waals surface area contributed by atoms with Crippen LogP contribution in [-0.2, 0) is 0 Å². The fourth-order valence-electron chi connectivity index (χ4n) is 1.77. The summed E-state index contributed by atoms with van der Waals surface area (Å²) in [6.07, 6.45) is 3.55. The average molecular weight is 259 g/mol. The van der Waals surface area contributed by atoms with Gasteiger partial charge in [-0.15, -0.1) is 0 Å². The van der Waals surface area contributed by atoms with Gasteiger partial charge in [-0.3, -0.25) is 0 Å². The molecule has 0 bridgehead atoms. The molecule has 0 spiro atoms. The maximum atomic E-state index is 5.76. The van der Waals surface area contributed by atoms with E-state index in [9.17, 15) is 0 Å². The molecule has 0 saturated heterocycles. The van der Waals surface area contributed by atoms with Gasteiger partial charge in [-0.1, -0.05) is 11.3 Å². The molecule has 5 nitrogen and oxygen atoms in total. The number of H-pyrrole nitrogens is 1. The van der Waals surface area contributed by atoms with E-state index in [1.165, 1.54) is 0 Å². The van der Waals surface area contributed by atoms with E-state index in [2.05, 4.69) is 20.3 Å². The normalized spacial score (nSPS) is 12.7. The first-order valence-electron chi connectivity index (χ1n) is 5.64. The number of benzene rings is 1. The van der Waals surface area contributed by atoms with Crippen molar-refractivity contribution in [2.45, 2.75) is 13.0 Å². The molecular weight excluding hydrogens is 246 g/mol. The summed E-state index contributed by atoms with van der Waals surface area (Å²) in [4.78, 5) is 11.8. The minimum Gasteiger partial charge on any atom is -0.399 e. The number of aromatic amines is 1. The predicted octanol–water partition coefficient (Wildman–Crippen LogP) is 2.77. The van der Waals surface area contributed by atoms with Crippen LogP contribution in [0.1, 0.15) is 18.8 Å². The van der Waals surface area contributed by atoms with Gasteiger partial charge in [0.1, 0.15) is 5.82 Å². The zero-order valence-electron chi connectivity index (χ0n) is 9.84. The lowest BCUT2D eigenvalue weighted by Crippen LogP contribution is -2.07. The standard InChI is InChI=1S/C12H13N5S/c1-7(11-14-4-5-15-11)16-12-17-9-3-2-8(13)6-10(9)18-12/h2-7H,13H2,1H3,(H,14,15)(H,16,17). The second-order valence-corrected chi connectivity index (χ2v) is 5.12. The van der Waals surface area contributed by atoms with Gasteiger partial charge in [0.15, 0.2) is 5.13 Å². The third-order valence-corrected chi connectivity index (χ3v) is 3.63. The fraction of sp³-hybridized carbons (Fsp3) is 0.167. The number of imidazole rings is 1. The Labute approximate surface area is 108 Å². The molecule has 1 atom stereocenters. The molecule has 1 unspecified atom stereocenters. The molecule has 0 radical (unpaired) electrons. The Kier molecular flexibility index (Phi) is 2.64. The fourth-order valence-corrected chi connectivity index (χ4v) is 2.77. The molecule has 3 rings (SSSR count). The van der Waals surface area contributed by atoms with Gasteiger partial charge in [-0.05, 0) is 25.1 Å². The van der Waals surface area contributed by atoms with Crippen LogP contribution in [0.15, 0.2) is 30.6 Å². The second-order valence-electron chi connectivity index (χ2n) is 4.09. The van der Waals surface area contributed by atoms with Crippen molar-refractivity contribution >= 4 is 32.4 Å². The Morgan fingerprint density at radius 2 is 2.33 bits per heavy atom. The molecule has 0 aliphatic carbocycles. The molecule has 0 saturated carbocycles. The summed E-state index contributed by atoms with van der Waals surface area (Å²) in [5.74, 6) is 0.897. The van der Waals surface area contributed by atoms with Gasteiger partial charge < -0.3 is 16.0 Å². The first kappa shape index (κ1) is 11.0. The largest absolute Gasteiger partial charge is 0.399 e. The molecule has 2 heterocycles. The van der Waals surface area contributed by atoms with E-state index in [0.29, 0.717) is 0 Å². The Bertz CT molecular complexity index is 658. The van der Waals surface area contributed by atoms with Crippen molar-refractivity contribution in [1.29, 1.82) is 0 Å². The highest BCUT2D eigenvalue weighted by Gasteiger charge is 2.10. The Morgan fingerprint density at radius 1 is 1.44 bits per heavy atom. The summed E-state index contributed by atoms with van der Waals surface area (Å²) >= 11 is 1.59. The van der Waals surface area contributed by atoms with Crippen LogP contribution < -0.4 is 11.1 Å². The Balaban J connectivity index is 1.86. The monoisotopic (exact) mass is 259 g/mol. The number of rotatable bonds is 3. The Hall–Kier alpha value is -2.08. The first-order chi connectivity index (χ1) is 8.72. The van der Waals surface area contributed by atoms with Crippen LogP contribution in [0, 0.1) is 0 Å². The molecule has 4 N–H and O–H groups in total.